The first-order valence-electron chi connectivity index (χ1n) is 4.97. The molecular weight excluding hydrogens is 212 g/mol. The maximum Gasteiger partial charge on any atom is 0.103 e. The summed E-state index contributed by atoms with van der Waals surface area (Å²) in [6.45, 7) is 2.39. The Bertz CT molecular complexity index is 332. The average Bonchev–Trinajstić information content (AvgIpc) is 2.22. The van der Waals surface area contributed by atoms with Crippen LogP contribution in [0, 0.1) is 6.61 Å². The Morgan fingerprint density at radius 3 is 3.07 bits per heavy atom. The third-order valence-corrected chi connectivity index (χ3v) is 2.80. The van der Waals surface area contributed by atoms with Gasteiger partial charge in [-0.25, -0.2) is 0 Å². The van der Waals surface area contributed by atoms with E-state index < -0.39 is 0 Å². The van der Waals surface area contributed by atoms with Crippen molar-refractivity contribution in [3.63, 3.8) is 0 Å². The number of alkyl halides is 1. The molecule has 4 heteroatoms. The van der Waals surface area contributed by atoms with Gasteiger partial charge in [0.05, 0.1) is 5.38 Å². The molecule has 1 saturated heterocycles. The highest BCUT2D eigenvalue weighted by Crippen LogP contribution is 2.22. The van der Waals surface area contributed by atoms with E-state index in [1.807, 2.05) is 24.3 Å². The van der Waals surface area contributed by atoms with E-state index in [9.17, 15) is 0 Å². The van der Waals surface area contributed by atoms with E-state index in [0.29, 0.717) is 6.61 Å². The van der Waals surface area contributed by atoms with Crippen LogP contribution in [-0.4, -0.2) is 18.0 Å². The van der Waals surface area contributed by atoms with Gasteiger partial charge in [-0.2, -0.15) is 0 Å². The first-order chi connectivity index (χ1) is 7.25. The predicted molar refractivity (Wildman–Crippen MR) is 62.8 cm³/mol. The molecule has 2 atom stereocenters. The van der Waals surface area contributed by atoms with E-state index in [4.69, 9.17) is 22.1 Å². The Hall–Kier alpha value is -0.930. The molecule has 1 heterocycles. The molecule has 0 saturated carbocycles. The van der Waals surface area contributed by atoms with Crippen LogP contribution in [0.5, 0.6) is 0 Å². The third-order valence-electron chi connectivity index (χ3n) is 2.40. The van der Waals surface area contributed by atoms with Crippen molar-refractivity contribution in [2.45, 2.75) is 17.8 Å². The van der Waals surface area contributed by atoms with E-state index in [1.54, 1.807) is 6.61 Å². The second-order valence-corrected chi connectivity index (χ2v) is 4.12. The molecule has 1 aliphatic heterocycles. The van der Waals surface area contributed by atoms with Crippen molar-refractivity contribution >= 4 is 23.0 Å². The molecule has 81 valence electrons. The second kappa shape index (κ2) is 4.73. The fraction of sp³-hybridized carbons (Fsp3) is 0.364. The average molecular weight is 226 g/mol. The highest BCUT2D eigenvalue weighted by atomic mass is 35.5. The summed E-state index contributed by atoms with van der Waals surface area (Å²) in [6, 6.07) is 7.87. The van der Waals surface area contributed by atoms with Gasteiger partial charge in [0, 0.05) is 24.0 Å². The molecule has 3 nitrogen and oxygen atoms in total. The minimum atomic E-state index is -0.0971. The van der Waals surface area contributed by atoms with E-state index >= 15 is 0 Å². The summed E-state index contributed by atoms with van der Waals surface area (Å²) in [5.41, 5.74) is 7.45. The summed E-state index contributed by atoms with van der Waals surface area (Å²) in [4.78, 5) is 0. The Morgan fingerprint density at radius 1 is 1.47 bits per heavy atom. The van der Waals surface area contributed by atoms with Crippen molar-refractivity contribution in [2.75, 3.05) is 17.7 Å². The summed E-state index contributed by atoms with van der Waals surface area (Å²) >= 11 is 6.10. The van der Waals surface area contributed by atoms with Crippen LogP contribution in [0.25, 0.3) is 0 Å². The SMILES string of the molecule is Nc1cccc(NC2CCO[CH]C2Cl)c1. The molecular formula is C11H14ClN2O. The fourth-order valence-corrected chi connectivity index (χ4v) is 1.87. The van der Waals surface area contributed by atoms with Gasteiger partial charge in [-0.3, -0.25) is 0 Å². The van der Waals surface area contributed by atoms with Crippen LogP contribution in [0.2, 0.25) is 0 Å². The molecule has 0 amide bonds. The number of nitrogens with two attached hydrogens (primary N) is 1. The van der Waals surface area contributed by atoms with Crippen molar-refractivity contribution in [2.24, 2.45) is 0 Å². The molecule has 15 heavy (non-hydrogen) atoms. The molecule has 1 fully saturated rings. The monoisotopic (exact) mass is 225 g/mol. The topological polar surface area (TPSA) is 47.3 Å². The summed E-state index contributed by atoms with van der Waals surface area (Å²) in [6.07, 6.45) is 0.902. The van der Waals surface area contributed by atoms with Gasteiger partial charge in [-0.05, 0) is 24.6 Å². The standard InChI is InChI=1S/C11H14ClN2O/c12-10-7-15-5-4-11(10)14-9-3-1-2-8(13)6-9/h1-3,6-7,10-11,14H,4-5,13H2. The molecule has 1 aromatic carbocycles. The van der Waals surface area contributed by atoms with Crippen molar-refractivity contribution in [1.29, 1.82) is 0 Å². The van der Waals surface area contributed by atoms with Gasteiger partial charge < -0.3 is 15.8 Å². The quantitative estimate of drug-likeness (QED) is 0.600. The maximum atomic E-state index is 6.10. The van der Waals surface area contributed by atoms with E-state index in [-0.39, 0.29) is 11.4 Å². The van der Waals surface area contributed by atoms with E-state index in [2.05, 4.69) is 5.32 Å². The van der Waals surface area contributed by atoms with Crippen molar-refractivity contribution < 1.29 is 4.74 Å². The minimum absolute atomic E-state index is 0.0971. The summed E-state index contributed by atoms with van der Waals surface area (Å²) in [5.74, 6) is 0. The molecule has 3 N–H and O–H groups in total. The zero-order valence-corrected chi connectivity index (χ0v) is 9.08. The fourth-order valence-electron chi connectivity index (χ4n) is 1.60. The number of rotatable bonds is 2. The molecule has 0 aromatic heterocycles. The zero-order valence-electron chi connectivity index (χ0n) is 8.32. The minimum Gasteiger partial charge on any atom is -0.399 e. The number of nitrogens with one attached hydrogen (secondary N) is 1. The number of anilines is 2. The normalized spacial score (nSPS) is 26.2. The molecule has 1 radical (unpaired) electrons. The zero-order chi connectivity index (χ0) is 10.7. The van der Waals surface area contributed by atoms with Crippen LogP contribution in [-0.2, 0) is 4.74 Å². The number of ether oxygens (including phenoxy) is 1. The molecule has 0 spiro atoms. The van der Waals surface area contributed by atoms with Crippen molar-refractivity contribution in [3.05, 3.63) is 30.9 Å². The molecule has 2 unspecified atom stereocenters. The van der Waals surface area contributed by atoms with Gasteiger partial charge in [0.25, 0.3) is 0 Å². The van der Waals surface area contributed by atoms with Crippen LogP contribution < -0.4 is 11.1 Å². The number of halogens is 1. The maximum absolute atomic E-state index is 6.10. The lowest BCUT2D eigenvalue weighted by molar-refractivity contribution is 0.151. The Kier molecular flexibility index (Phi) is 3.34. The lowest BCUT2D eigenvalue weighted by Gasteiger charge is -2.28. The predicted octanol–water partition coefficient (Wildman–Crippen LogP) is 2.24. The van der Waals surface area contributed by atoms with Gasteiger partial charge in [0.1, 0.15) is 6.61 Å². The second-order valence-electron chi connectivity index (χ2n) is 3.62. The Balaban J connectivity index is 2.01. The molecule has 1 aromatic rings. The Labute approximate surface area is 94.6 Å². The Morgan fingerprint density at radius 2 is 2.33 bits per heavy atom. The number of hydrogen-bond donors (Lipinski definition) is 2. The van der Waals surface area contributed by atoms with Crippen LogP contribution in [0.3, 0.4) is 0 Å². The highest BCUT2D eigenvalue weighted by Gasteiger charge is 2.23. The summed E-state index contributed by atoms with van der Waals surface area (Å²) in [7, 11) is 0. The van der Waals surface area contributed by atoms with Crippen LogP contribution >= 0.6 is 11.6 Å². The third kappa shape index (κ3) is 2.76. The molecule has 0 aliphatic carbocycles. The first kappa shape index (κ1) is 10.6. The lowest BCUT2D eigenvalue weighted by atomic mass is 10.1. The van der Waals surface area contributed by atoms with Gasteiger partial charge in [-0.15, -0.1) is 11.6 Å². The van der Waals surface area contributed by atoms with Crippen LogP contribution in [0.4, 0.5) is 11.4 Å². The number of hydrogen-bond acceptors (Lipinski definition) is 3. The van der Waals surface area contributed by atoms with Gasteiger partial charge >= 0.3 is 0 Å². The van der Waals surface area contributed by atoms with Crippen LogP contribution in [0.15, 0.2) is 24.3 Å². The first-order valence-corrected chi connectivity index (χ1v) is 5.40. The smallest absolute Gasteiger partial charge is 0.103 e. The van der Waals surface area contributed by atoms with Crippen molar-refractivity contribution in [1.82, 2.24) is 0 Å². The van der Waals surface area contributed by atoms with Crippen LogP contribution in [0.1, 0.15) is 6.42 Å². The van der Waals surface area contributed by atoms with Gasteiger partial charge in [0.15, 0.2) is 0 Å². The molecule has 2 rings (SSSR count). The van der Waals surface area contributed by atoms with E-state index in [0.717, 1.165) is 17.8 Å². The van der Waals surface area contributed by atoms with Gasteiger partial charge in [-0.1, -0.05) is 6.07 Å². The highest BCUT2D eigenvalue weighted by molar-refractivity contribution is 6.22. The van der Waals surface area contributed by atoms with E-state index in [1.165, 1.54) is 0 Å². The molecule has 0 bridgehead atoms. The van der Waals surface area contributed by atoms with Gasteiger partial charge in [0.2, 0.25) is 0 Å². The van der Waals surface area contributed by atoms with Crippen molar-refractivity contribution in [3.8, 4) is 0 Å². The summed E-state index contributed by atoms with van der Waals surface area (Å²) in [5, 5.41) is 3.25. The lowest BCUT2D eigenvalue weighted by Crippen LogP contribution is -2.35. The summed E-state index contributed by atoms with van der Waals surface area (Å²) < 4.78 is 5.15. The number of nitrogen functional groups attached to an aromatic ring is 1. The molecule has 1 aliphatic rings. The largest absolute Gasteiger partial charge is 0.399 e. The number of benzene rings is 1.